The Morgan fingerprint density at radius 2 is 1.59 bits per heavy atom. The lowest BCUT2D eigenvalue weighted by atomic mass is 10.0. The van der Waals surface area contributed by atoms with Crippen molar-refractivity contribution >= 4 is 17.0 Å². The van der Waals surface area contributed by atoms with Gasteiger partial charge in [0.15, 0.2) is 0 Å². The first-order valence-corrected chi connectivity index (χ1v) is 11.7. The number of piperidine rings is 1. The van der Waals surface area contributed by atoms with Gasteiger partial charge in [0.05, 0.1) is 23.2 Å². The lowest BCUT2D eigenvalue weighted by Crippen LogP contribution is -2.39. The van der Waals surface area contributed by atoms with E-state index >= 15 is 0 Å². The molecule has 1 aliphatic rings. The molecule has 0 atom stereocenters. The highest BCUT2D eigenvalue weighted by molar-refractivity contribution is 5.78. The molecule has 32 heavy (non-hydrogen) atoms. The number of aromatic nitrogens is 2. The summed E-state index contributed by atoms with van der Waals surface area (Å²) in [6.07, 6.45) is 2.48. The number of nitrogens with zero attached hydrogens (tertiary/aromatic N) is 3. The number of fused-ring (bicyclic) bond motifs is 1. The fraction of sp³-hybridized carbons (Fsp3) is 0.500. The van der Waals surface area contributed by atoms with Crippen molar-refractivity contribution in [3.05, 3.63) is 48.0 Å². The van der Waals surface area contributed by atoms with E-state index in [1.165, 1.54) is 5.56 Å². The lowest BCUT2D eigenvalue weighted by molar-refractivity contribution is 0.207. The molecular weight excluding hydrogens is 400 g/mol. The van der Waals surface area contributed by atoms with E-state index in [1.54, 1.807) is 0 Å². The number of aryl methyl sites for hydroxylation is 1. The third kappa shape index (κ3) is 5.54. The molecule has 2 heterocycles. The summed E-state index contributed by atoms with van der Waals surface area (Å²) in [6.45, 7) is 11.2. The van der Waals surface area contributed by atoms with Gasteiger partial charge in [-0.1, -0.05) is 12.1 Å². The third-order valence-electron chi connectivity index (χ3n) is 5.80. The Balaban J connectivity index is 1.37. The van der Waals surface area contributed by atoms with Gasteiger partial charge in [0.2, 0.25) is 5.95 Å². The van der Waals surface area contributed by atoms with Crippen molar-refractivity contribution in [3.8, 4) is 11.5 Å². The van der Waals surface area contributed by atoms with Gasteiger partial charge in [0, 0.05) is 38.8 Å². The molecule has 2 aromatic carbocycles. The number of likely N-dealkylation sites (tertiary alicyclic amines) is 1. The number of rotatable bonds is 8. The Morgan fingerprint density at radius 1 is 0.969 bits per heavy atom. The van der Waals surface area contributed by atoms with Gasteiger partial charge in [-0.05, 0) is 70.4 Å². The predicted molar refractivity (Wildman–Crippen MR) is 131 cm³/mol. The van der Waals surface area contributed by atoms with E-state index in [0.717, 1.165) is 61.0 Å². The van der Waals surface area contributed by atoms with Crippen molar-refractivity contribution in [2.45, 2.75) is 65.3 Å². The molecule has 6 heteroatoms. The van der Waals surface area contributed by atoms with Crippen molar-refractivity contribution in [2.24, 2.45) is 7.05 Å². The SMILES string of the molecule is CC(C)Oc1cc(CN2CCC(Nc3nc4ccccc4n3C)CC2)cc(OC(C)C)c1. The molecule has 0 amide bonds. The number of nitrogens with one attached hydrogen (secondary N) is 1. The highest BCUT2D eigenvalue weighted by Crippen LogP contribution is 2.27. The Hall–Kier alpha value is -2.73. The normalized spacial score (nSPS) is 15.6. The monoisotopic (exact) mass is 436 g/mol. The summed E-state index contributed by atoms with van der Waals surface area (Å²) in [5.74, 6) is 2.72. The second-order valence-electron chi connectivity index (χ2n) is 9.32. The van der Waals surface area contributed by atoms with Crippen LogP contribution in [0.3, 0.4) is 0 Å². The van der Waals surface area contributed by atoms with Crippen LogP contribution in [0.4, 0.5) is 5.95 Å². The molecule has 4 rings (SSSR count). The van der Waals surface area contributed by atoms with Gasteiger partial charge in [-0.25, -0.2) is 4.98 Å². The first-order valence-electron chi connectivity index (χ1n) is 11.7. The van der Waals surface area contributed by atoms with Crippen LogP contribution in [0, 0.1) is 0 Å². The first kappa shape index (κ1) is 22.5. The fourth-order valence-corrected chi connectivity index (χ4v) is 4.35. The molecule has 172 valence electrons. The van der Waals surface area contributed by atoms with Crippen LogP contribution in [0.2, 0.25) is 0 Å². The number of ether oxygens (including phenoxy) is 2. The zero-order valence-electron chi connectivity index (χ0n) is 20.0. The zero-order valence-corrected chi connectivity index (χ0v) is 20.0. The van der Waals surface area contributed by atoms with Gasteiger partial charge in [-0.15, -0.1) is 0 Å². The van der Waals surface area contributed by atoms with Crippen LogP contribution in [0.15, 0.2) is 42.5 Å². The molecule has 0 aliphatic carbocycles. The Bertz CT molecular complexity index is 1010. The van der Waals surface area contributed by atoms with Gasteiger partial charge < -0.3 is 19.4 Å². The molecule has 1 aliphatic heterocycles. The molecule has 1 fully saturated rings. The van der Waals surface area contributed by atoms with Gasteiger partial charge in [-0.3, -0.25) is 4.90 Å². The average Bonchev–Trinajstić information content (AvgIpc) is 3.04. The number of benzene rings is 2. The van der Waals surface area contributed by atoms with Crippen molar-refractivity contribution < 1.29 is 9.47 Å². The molecule has 0 spiro atoms. The van der Waals surface area contributed by atoms with E-state index in [9.17, 15) is 0 Å². The lowest BCUT2D eigenvalue weighted by Gasteiger charge is -2.32. The van der Waals surface area contributed by atoms with Gasteiger partial charge in [-0.2, -0.15) is 0 Å². The van der Waals surface area contributed by atoms with E-state index < -0.39 is 0 Å². The molecular formula is C26H36N4O2. The quantitative estimate of drug-likeness (QED) is 0.524. The fourth-order valence-electron chi connectivity index (χ4n) is 4.35. The summed E-state index contributed by atoms with van der Waals surface area (Å²) in [5, 5.41) is 3.67. The Morgan fingerprint density at radius 3 is 2.19 bits per heavy atom. The Kier molecular flexibility index (Phi) is 6.89. The maximum atomic E-state index is 5.97. The second-order valence-corrected chi connectivity index (χ2v) is 9.32. The van der Waals surface area contributed by atoms with E-state index in [2.05, 4.69) is 79.9 Å². The summed E-state index contributed by atoms with van der Waals surface area (Å²) in [6, 6.07) is 15.0. The maximum absolute atomic E-state index is 5.97. The number of hydrogen-bond donors (Lipinski definition) is 1. The van der Waals surface area contributed by atoms with E-state index in [0.29, 0.717) is 6.04 Å². The minimum absolute atomic E-state index is 0.141. The minimum Gasteiger partial charge on any atom is -0.491 e. The topological polar surface area (TPSA) is 51.5 Å². The standard InChI is InChI=1S/C26H36N4O2/c1-18(2)31-22-14-20(15-23(16-22)32-19(3)4)17-30-12-10-21(11-13-30)27-26-28-24-8-6-7-9-25(24)29(26)5/h6-9,14-16,18-19,21H,10-13,17H2,1-5H3,(H,27,28). The number of imidazole rings is 1. The Labute approximate surface area is 191 Å². The van der Waals surface area contributed by atoms with Crippen LogP contribution in [0.25, 0.3) is 11.0 Å². The highest BCUT2D eigenvalue weighted by Gasteiger charge is 2.21. The van der Waals surface area contributed by atoms with Gasteiger partial charge in [0.1, 0.15) is 11.5 Å². The maximum Gasteiger partial charge on any atom is 0.203 e. The molecule has 0 unspecified atom stereocenters. The molecule has 3 aromatic rings. The third-order valence-corrected chi connectivity index (χ3v) is 5.80. The summed E-state index contributed by atoms with van der Waals surface area (Å²) >= 11 is 0. The zero-order chi connectivity index (χ0) is 22.7. The largest absolute Gasteiger partial charge is 0.491 e. The molecule has 1 saturated heterocycles. The molecule has 0 bridgehead atoms. The summed E-state index contributed by atoms with van der Waals surface area (Å²) in [7, 11) is 2.08. The molecule has 1 aromatic heterocycles. The molecule has 1 N–H and O–H groups in total. The van der Waals surface area contributed by atoms with Crippen LogP contribution >= 0.6 is 0 Å². The van der Waals surface area contributed by atoms with E-state index in [1.807, 2.05) is 12.1 Å². The number of hydrogen-bond acceptors (Lipinski definition) is 5. The van der Waals surface area contributed by atoms with Crippen LogP contribution in [-0.4, -0.2) is 45.8 Å². The predicted octanol–water partition coefficient (Wildman–Crippen LogP) is 5.22. The van der Waals surface area contributed by atoms with Crippen LogP contribution in [0.1, 0.15) is 46.1 Å². The van der Waals surface area contributed by atoms with Crippen molar-refractivity contribution in [3.63, 3.8) is 0 Å². The summed E-state index contributed by atoms with van der Waals surface area (Å²) in [4.78, 5) is 7.28. The molecule has 6 nitrogen and oxygen atoms in total. The van der Waals surface area contributed by atoms with Crippen molar-refractivity contribution in [1.29, 1.82) is 0 Å². The average molecular weight is 437 g/mol. The number of para-hydroxylation sites is 2. The van der Waals surface area contributed by atoms with Crippen LogP contribution < -0.4 is 14.8 Å². The van der Waals surface area contributed by atoms with E-state index in [-0.39, 0.29) is 12.2 Å². The van der Waals surface area contributed by atoms with Gasteiger partial charge in [0.25, 0.3) is 0 Å². The van der Waals surface area contributed by atoms with Crippen LogP contribution in [0.5, 0.6) is 11.5 Å². The second kappa shape index (κ2) is 9.82. The first-order chi connectivity index (χ1) is 15.4. The van der Waals surface area contributed by atoms with Gasteiger partial charge >= 0.3 is 0 Å². The van der Waals surface area contributed by atoms with Crippen LogP contribution in [-0.2, 0) is 13.6 Å². The molecule has 0 radical (unpaired) electrons. The number of anilines is 1. The summed E-state index contributed by atoms with van der Waals surface area (Å²) < 4.78 is 14.1. The van der Waals surface area contributed by atoms with Crippen molar-refractivity contribution in [2.75, 3.05) is 18.4 Å². The van der Waals surface area contributed by atoms with Crippen molar-refractivity contribution in [1.82, 2.24) is 14.5 Å². The van der Waals surface area contributed by atoms with E-state index in [4.69, 9.17) is 14.5 Å². The molecule has 0 saturated carbocycles. The minimum atomic E-state index is 0.141. The highest BCUT2D eigenvalue weighted by atomic mass is 16.5. The smallest absolute Gasteiger partial charge is 0.203 e. The summed E-state index contributed by atoms with van der Waals surface area (Å²) in [5.41, 5.74) is 3.44.